The minimum atomic E-state index is -0.0173. The van der Waals surface area contributed by atoms with Gasteiger partial charge in [-0.05, 0) is 61.7 Å². The molecule has 0 bridgehead atoms. The quantitative estimate of drug-likeness (QED) is 0.669. The van der Waals surface area contributed by atoms with Gasteiger partial charge in [0.2, 0.25) is 0 Å². The van der Waals surface area contributed by atoms with Gasteiger partial charge in [-0.3, -0.25) is 14.8 Å². The van der Waals surface area contributed by atoms with E-state index in [2.05, 4.69) is 42.0 Å². The van der Waals surface area contributed by atoms with E-state index in [1.165, 1.54) is 11.1 Å². The van der Waals surface area contributed by atoms with Crippen molar-refractivity contribution in [2.75, 3.05) is 7.05 Å². The van der Waals surface area contributed by atoms with Gasteiger partial charge >= 0.3 is 0 Å². The van der Waals surface area contributed by atoms with E-state index >= 15 is 0 Å². The van der Waals surface area contributed by atoms with E-state index in [-0.39, 0.29) is 5.91 Å². The van der Waals surface area contributed by atoms with Crippen LogP contribution in [0.4, 0.5) is 0 Å². The normalized spacial score (nSPS) is 10.7. The molecule has 138 valence electrons. The third-order valence-corrected chi connectivity index (χ3v) is 4.57. The SMILES string of the molecule is CCc1ccc(CN(C)C(=O)c2ccc(-c3cc(C)cc(C)n3)cc2)nc1. The van der Waals surface area contributed by atoms with E-state index in [9.17, 15) is 4.79 Å². The summed E-state index contributed by atoms with van der Waals surface area (Å²) in [7, 11) is 1.80. The third kappa shape index (κ3) is 4.59. The van der Waals surface area contributed by atoms with Gasteiger partial charge in [0.05, 0.1) is 17.9 Å². The molecular weight excluding hydrogens is 334 g/mol. The first-order valence-electron chi connectivity index (χ1n) is 9.21. The minimum Gasteiger partial charge on any atom is -0.336 e. The van der Waals surface area contributed by atoms with Crippen molar-refractivity contribution < 1.29 is 4.79 Å². The second kappa shape index (κ2) is 8.12. The van der Waals surface area contributed by atoms with Crippen molar-refractivity contribution in [3.05, 3.63) is 82.8 Å². The summed E-state index contributed by atoms with van der Waals surface area (Å²) >= 11 is 0. The Morgan fingerprint density at radius 3 is 2.37 bits per heavy atom. The molecule has 1 aromatic carbocycles. The van der Waals surface area contributed by atoms with Crippen LogP contribution in [0, 0.1) is 13.8 Å². The van der Waals surface area contributed by atoms with Gasteiger partial charge in [0, 0.05) is 30.1 Å². The minimum absolute atomic E-state index is 0.0173. The molecule has 0 saturated carbocycles. The van der Waals surface area contributed by atoms with Crippen LogP contribution in [0.3, 0.4) is 0 Å². The Hall–Kier alpha value is -3.01. The molecule has 0 aliphatic rings. The molecule has 3 aromatic rings. The summed E-state index contributed by atoms with van der Waals surface area (Å²) in [5.74, 6) is -0.0173. The molecule has 27 heavy (non-hydrogen) atoms. The number of amides is 1. The van der Waals surface area contributed by atoms with Gasteiger partial charge in [0.25, 0.3) is 5.91 Å². The van der Waals surface area contributed by atoms with Gasteiger partial charge in [-0.15, -0.1) is 0 Å². The Bertz CT molecular complexity index is 911. The number of hydrogen-bond acceptors (Lipinski definition) is 3. The average molecular weight is 359 g/mol. The van der Waals surface area contributed by atoms with Crippen LogP contribution in [0.25, 0.3) is 11.3 Å². The second-order valence-corrected chi connectivity index (χ2v) is 6.92. The smallest absolute Gasteiger partial charge is 0.253 e. The number of benzene rings is 1. The molecule has 4 heteroatoms. The lowest BCUT2D eigenvalue weighted by atomic mass is 10.1. The molecule has 0 saturated heterocycles. The molecule has 0 fully saturated rings. The van der Waals surface area contributed by atoms with Crippen LogP contribution in [-0.4, -0.2) is 27.8 Å². The second-order valence-electron chi connectivity index (χ2n) is 6.92. The highest BCUT2D eigenvalue weighted by Gasteiger charge is 2.13. The van der Waals surface area contributed by atoms with Crippen LogP contribution < -0.4 is 0 Å². The predicted molar refractivity (Wildman–Crippen MR) is 109 cm³/mol. The van der Waals surface area contributed by atoms with Crippen molar-refractivity contribution in [2.24, 2.45) is 0 Å². The fraction of sp³-hybridized carbons (Fsp3) is 0.261. The summed E-state index contributed by atoms with van der Waals surface area (Å²) in [4.78, 5) is 23.4. The number of hydrogen-bond donors (Lipinski definition) is 0. The molecule has 0 aliphatic carbocycles. The zero-order chi connectivity index (χ0) is 19.4. The molecule has 1 amide bonds. The Morgan fingerprint density at radius 2 is 1.78 bits per heavy atom. The third-order valence-electron chi connectivity index (χ3n) is 4.57. The summed E-state index contributed by atoms with van der Waals surface area (Å²) in [6, 6.07) is 15.8. The predicted octanol–water partition coefficient (Wildman–Crippen LogP) is 4.60. The number of pyridine rings is 2. The van der Waals surface area contributed by atoms with Crippen LogP contribution in [0.1, 0.15) is 39.8 Å². The molecule has 0 spiro atoms. The van der Waals surface area contributed by atoms with Crippen LogP contribution >= 0.6 is 0 Å². The number of aryl methyl sites for hydroxylation is 3. The highest BCUT2D eigenvalue weighted by atomic mass is 16.2. The molecule has 0 N–H and O–H groups in total. The fourth-order valence-corrected chi connectivity index (χ4v) is 3.07. The zero-order valence-corrected chi connectivity index (χ0v) is 16.4. The van der Waals surface area contributed by atoms with Crippen LogP contribution in [-0.2, 0) is 13.0 Å². The number of aromatic nitrogens is 2. The first-order chi connectivity index (χ1) is 13.0. The molecule has 0 aliphatic heterocycles. The van der Waals surface area contributed by atoms with Crippen molar-refractivity contribution in [2.45, 2.75) is 33.7 Å². The first kappa shape index (κ1) is 18.8. The van der Waals surface area contributed by atoms with Crippen molar-refractivity contribution in [3.8, 4) is 11.3 Å². The van der Waals surface area contributed by atoms with Crippen molar-refractivity contribution in [3.63, 3.8) is 0 Å². The zero-order valence-electron chi connectivity index (χ0n) is 16.4. The summed E-state index contributed by atoms with van der Waals surface area (Å²) in [6.07, 6.45) is 2.84. The number of carbonyl (C=O) groups excluding carboxylic acids is 1. The molecule has 0 unspecified atom stereocenters. The topological polar surface area (TPSA) is 46.1 Å². The summed E-state index contributed by atoms with van der Waals surface area (Å²) in [6.45, 7) is 6.64. The van der Waals surface area contributed by atoms with Crippen molar-refractivity contribution >= 4 is 5.91 Å². The van der Waals surface area contributed by atoms with Gasteiger partial charge in [0.1, 0.15) is 0 Å². The van der Waals surface area contributed by atoms with Crippen LogP contribution in [0.2, 0.25) is 0 Å². The first-order valence-corrected chi connectivity index (χ1v) is 9.21. The van der Waals surface area contributed by atoms with Gasteiger partial charge in [-0.25, -0.2) is 0 Å². The van der Waals surface area contributed by atoms with Crippen molar-refractivity contribution in [1.82, 2.24) is 14.9 Å². The van der Waals surface area contributed by atoms with Gasteiger partial charge in [0.15, 0.2) is 0 Å². The number of rotatable bonds is 5. The van der Waals surface area contributed by atoms with E-state index in [1.807, 2.05) is 43.5 Å². The van der Waals surface area contributed by atoms with Gasteiger partial charge in [-0.2, -0.15) is 0 Å². The highest BCUT2D eigenvalue weighted by molar-refractivity contribution is 5.94. The largest absolute Gasteiger partial charge is 0.336 e. The number of carbonyl (C=O) groups is 1. The molecule has 0 radical (unpaired) electrons. The Balaban J connectivity index is 1.72. The standard InChI is InChI=1S/C23H25N3O/c1-5-18-6-11-21(24-14-18)15-26(4)23(27)20-9-7-19(8-10-20)22-13-16(2)12-17(3)25-22/h6-14H,5,15H2,1-4H3. The van der Waals surface area contributed by atoms with E-state index in [1.54, 1.807) is 11.9 Å². The molecule has 4 nitrogen and oxygen atoms in total. The van der Waals surface area contributed by atoms with E-state index in [0.29, 0.717) is 12.1 Å². The summed E-state index contributed by atoms with van der Waals surface area (Å²) in [5.41, 5.74) is 6.86. The highest BCUT2D eigenvalue weighted by Crippen LogP contribution is 2.20. The Labute approximate surface area is 160 Å². The van der Waals surface area contributed by atoms with Crippen molar-refractivity contribution in [1.29, 1.82) is 0 Å². The summed E-state index contributed by atoms with van der Waals surface area (Å²) < 4.78 is 0. The Morgan fingerprint density at radius 1 is 1.04 bits per heavy atom. The Kier molecular flexibility index (Phi) is 5.65. The summed E-state index contributed by atoms with van der Waals surface area (Å²) in [5, 5.41) is 0. The molecule has 2 aromatic heterocycles. The molecule has 3 rings (SSSR count). The lowest BCUT2D eigenvalue weighted by Gasteiger charge is -2.17. The van der Waals surface area contributed by atoms with Crippen LogP contribution in [0.5, 0.6) is 0 Å². The maximum absolute atomic E-state index is 12.7. The van der Waals surface area contributed by atoms with E-state index < -0.39 is 0 Å². The van der Waals surface area contributed by atoms with E-state index in [4.69, 9.17) is 0 Å². The van der Waals surface area contributed by atoms with Gasteiger partial charge in [-0.1, -0.05) is 25.1 Å². The number of nitrogens with zero attached hydrogens (tertiary/aromatic N) is 3. The maximum Gasteiger partial charge on any atom is 0.253 e. The molecule has 2 heterocycles. The lowest BCUT2D eigenvalue weighted by molar-refractivity contribution is 0.0783. The van der Waals surface area contributed by atoms with Gasteiger partial charge < -0.3 is 4.90 Å². The molecule has 0 atom stereocenters. The monoisotopic (exact) mass is 359 g/mol. The average Bonchev–Trinajstić information content (AvgIpc) is 2.67. The van der Waals surface area contributed by atoms with E-state index in [0.717, 1.165) is 29.1 Å². The van der Waals surface area contributed by atoms with Crippen LogP contribution in [0.15, 0.2) is 54.7 Å². The lowest BCUT2D eigenvalue weighted by Crippen LogP contribution is -2.26. The fourth-order valence-electron chi connectivity index (χ4n) is 3.07. The molecular formula is C23H25N3O. The maximum atomic E-state index is 12.7.